The van der Waals surface area contributed by atoms with Gasteiger partial charge in [-0.3, -0.25) is 0 Å². The zero-order chi connectivity index (χ0) is 18.2. The van der Waals surface area contributed by atoms with Crippen LogP contribution in [0.4, 0.5) is 0 Å². The SMILES string of the molecule is COc1ccc(C[NH2+][C@@H](Cc2ccccc2)c2ccccc2)cc1OC. The molecule has 3 heteroatoms. The molecule has 0 amide bonds. The predicted molar refractivity (Wildman–Crippen MR) is 105 cm³/mol. The van der Waals surface area contributed by atoms with Crippen LogP contribution in [0.5, 0.6) is 11.5 Å². The predicted octanol–water partition coefficient (Wildman–Crippen LogP) is 3.75. The van der Waals surface area contributed by atoms with Crippen molar-refractivity contribution in [3.8, 4) is 11.5 Å². The maximum Gasteiger partial charge on any atom is 0.161 e. The van der Waals surface area contributed by atoms with Gasteiger partial charge in [0.25, 0.3) is 0 Å². The highest BCUT2D eigenvalue weighted by Crippen LogP contribution is 2.27. The third-order valence-corrected chi connectivity index (χ3v) is 4.61. The summed E-state index contributed by atoms with van der Waals surface area (Å²) in [5.41, 5.74) is 3.92. The molecular weight excluding hydrogens is 322 g/mol. The quantitative estimate of drug-likeness (QED) is 0.673. The van der Waals surface area contributed by atoms with Gasteiger partial charge in [0.2, 0.25) is 0 Å². The van der Waals surface area contributed by atoms with Crippen LogP contribution in [0.3, 0.4) is 0 Å². The largest absolute Gasteiger partial charge is 0.493 e. The molecule has 3 nitrogen and oxygen atoms in total. The molecule has 134 valence electrons. The molecule has 0 heterocycles. The molecule has 0 aromatic heterocycles. The van der Waals surface area contributed by atoms with Crippen LogP contribution < -0.4 is 14.8 Å². The summed E-state index contributed by atoms with van der Waals surface area (Å²) in [6, 6.07) is 27.8. The van der Waals surface area contributed by atoms with E-state index in [1.165, 1.54) is 16.7 Å². The van der Waals surface area contributed by atoms with E-state index in [1.807, 2.05) is 6.07 Å². The summed E-state index contributed by atoms with van der Waals surface area (Å²) < 4.78 is 10.8. The van der Waals surface area contributed by atoms with E-state index in [0.29, 0.717) is 6.04 Å². The fraction of sp³-hybridized carbons (Fsp3) is 0.217. The molecule has 0 bridgehead atoms. The maximum absolute atomic E-state index is 5.43. The topological polar surface area (TPSA) is 35.1 Å². The summed E-state index contributed by atoms with van der Waals surface area (Å²) in [4.78, 5) is 0. The minimum absolute atomic E-state index is 0.367. The van der Waals surface area contributed by atoms with Gasteiger partial charge in [0.1, 0.15) is 12.6 Å². The molecule has 3 aromatic rings. The molecule has 0 aliphatic heterocycles. The van der Waals surface area contributed by atoms with Gasteiger partial charge in [0.05, 0.1) is 14.2 Å². The van der Waals surface area contributed by atoms with Gasteiger partial charge in [0, 0.05) is 17.5 Å². The molecule has 1 atom stereocenters. The first-order valence-electron chi connectivity index (χ1n) is 8.93. The van der Waals surface area contributed by atoms with E-state index in [2.05, 4.69) is 78.1 Å². The summed E-state index contributed by atoms with van der Waals surface area (Å²) in [5, 5.41) is 2.39. The van der Waals surface area contributed by atoms with Gasteiger partial charge in [0.15, 0.2) is 11.5 Å². The van der Waals surface area contributed by atoms with Gasteiger partial charge >= 0.3 is 0 Å². The molecule has 0 fully saturated rings. The minimum atomic E-state index is 0.367. The maximum atomic E-state index is 5.43. The van der Waals surface area contributed by atoms with Gasteiger partial charge in [-0.05, 0) is 23.8 Å². The van der Waals surface area contributed by atoms with Crippen molar-refractivity contribution in [1.29, 1.82) is 0 Å². The van der Waals surface area contributed by atoms with Crippen LogP contribution >= 0.6 is 0 Å². The molecular formula is C23H26NO2+. The molecule has 0 saturated heterocycles. The number of hydrogen-bond acceptors (Lipinski definition) is 2. The fourth-order valence-electron chi connectivity index (χ4n) is 3.19. The Kier molecular flexibility index (Phi) is 6.29. The second-order valence-corrected chi connectivity index (χ2v) is 6.34. The van der Waals surface area contributed by atoms with Crippen LogP contribution in [0, 0.1) is 0 Å². The van der Waals surface area contributed by atoms with Crippen LogP contribution in [-0.4, -0.2) is 14.2 Å². The van der Waals surface area contributed by atoms with Crippen molar-refractivity contribution in [3.63, 3.8) is 0 Å². The van der Waals surface area contributed by atoms with Crippen molar-refractivity contribution in [2.75, 3.05) is 14.2 Å². The smallest absolute Gasteiger partial charge is 0.161 e. The molecule has 0 aliphatic carbocycles. The van der Waals surface area contributed by atoms with E-state index in [4.69, 9.17) is 9.47 Å². The lowest BCUT2D eigenvalue weighted by Crippen LogP contribution is -2.84. The second kappa shape index (κ2) is 9.07. The van der Waals surface area contributed by atoms with E-state index < -0.39 is 0 Å². The van der Waals surface area contributed by atoms with Crippen molar-refractivity contribution in [2.24, 2.45) is 0 Å². The van der Waals surface area contributed by atoms with Crippen molar-refractivity contribution >= 4 is 0 Å². The number of ether oxygens (including phenoxy) is 2. The Morgan fingerprint density at radius 2 is 1.38 bits per heavy atom. The summed E-state index contributed by atoms with van der Waals surface area (Å²) in [6.45, 7) is 0.882. The third-order valence-electron chi connectivity index (χ3n) is 4.61. The first kappa shape index (κ1) is 18.0. The van der Waals surface area contributed by atoms with Crippen molar-refractivity contribution in [2.45, 2.75) is 19.0 Å². The Bertz CT molecular complexity index is 803. The summed E-state index contributed by atoms with van der Waals surface area (Å²) in [7, 11) is 3.34. The zero-order valence-electron chi connectivity index (χ0n) is 15.4. The summed E-state index contributed by atoms with van der Waals surface area (Å²) in [6.07, 6.45) is 0.998. The van der Waals surface area contributed by atoms with E-state index in [9.17, 15) is 0 Å². The monoisotopic (exact) mass is 348 g/mol. The van der Waals surface area contributed by atoms with E-state index in [0.717, 1.165) is 24.5 Å². The van der Waals surface area contributed by atoms with Crippen molar-refractivity contribution < 1.29 is 14.8 Å². The van der Waals surface area contributed by atoms with E-state index >= 15 is 0 Å². The van der Waals surface area contributed by atoms with E-state index in [1.54, 1.807) is 14.2 Å². The van der Waals surface area contributed by atoms with Gasteiger partial charge in [-0.15, -0.1) is 0 Å². The van der Waals surface area contributed by atoms with Gasteiger partial charge in [-0.1, -0.05) is 60.7 Å². The Morgan fingerprint density at radius 1 is 0.731 bits per heavy atom. The molecule has 0 saturated carbocycles. The summed E-state index contributed by atoms with van der Waals surface area (Å²) >= 11 is 0. The number of methoxy groups -OCH3 is 2. The van der Waals surface area contributed by atoms with Crippen molar-refractivity contribution in [3.05, 3.63) is 95.6 Å². The average molecular weight is 348 g/mol. The highest BCUT2D eigenvalue weighted by atomic mass is 16.5. The Hall–Kier alpha value is -2.78. The van der Waals surface area contributed by atoms with Crippen LogP contribution in [-0.2, 0) is 13.0 Å². The molecule has 0 unspecified atom stereocenters. The Morgan fingerprint density at radius 3 is 2.04 bits per heavy atom. The molecule has 0 aliphatic rings. The highest BCUT2D eigenvalue weighted by molar-refractivity contribution is 5.42. The Labute approximate surface area is 155 Å². The van der Waals surface area contributed by atoms with Crippen molar-refractivity contribution in [1.82, 2.24) is 0 Å². The lowest BCUT2D eigenvalue weighted by atomic mass is 9.98. The Balaban J connectivity index is 1.76. The minimum Gasteiger partial charge on any atom is -0.493 e. The van der Waals surface area contributed by atoms with Crippen LogP contribution in [0.1, 0.15) is 22.7 Å². The van der Waals surface area contributed by atoms with Gasteiger partial charge in [-0.2, -0.15) is 0 Å². The normalized spacial score (nSPS) is 11.8. The molecule has 3 aromatic carbocycles. The number of quaternary nitrogens is 1. The zero-order valence-corrected chi connectivity index (χ0v) is 15.4. The molecule has 3 rings (SSSR count). The summed E-state index contributed by atoms with van der Waals surface area (Å²) in [5.74, 6) is 1.54. The number of benzene rings is 3. The lowest BCUT2D eigenvalue weighted by Gasteiger charge is -2.17. The second-order valence-electron chi connectivity index (χ2n) is 6.34. The van der Waals surface area contributed by atoms with Gasteiger partial charge < -0.3 is 14.8 Å². The first-order valence-corrected chi connectivity index (χ1v) is 8.93. The molecule has 0 radical (unpaired) electrons. The van der Waals surface area contributed by atoms with E-state index in [-0.39, 0.29) is 0 Å². The molecule has 0 spiro atoms. The average Bonchev–Trinajstić information content (AvgIpc) is 2.72. The molecule has 26 heavy (non-hydrogen) atoms. The first-order chi connectivity index (χ1) is 12.8. The van der Waals surface area contributed by atoms with Gasteiger partial charge in [-0.25, -0.2) is 0 Å². The number of rotatable bonds is 8. The molecule has 2 N–H and O–H groups in total. The van der Waals surface area contributed by atoms with Crippen LogP contribution in [0.25, 0.3) is 0 Å². The number of nitrogens with two attached hydrogens (primary N) is 1. The third kappa shape index (κ3) is 4.64. The number of hydrogen-bond donors (Lipinski definition) is 1. The highest BCUT2D eigenvalue weighted by Gasteiger charge is 2.16. The van der Waals surface area contributed by atoms with Crippen LogP contribution in [0.15, 0.2) is 78.9 Å². The standard InChI is InChI=1S/C23H25NO2/c1-25-22-14-13-19(16-23(22)26-2)17-24-21(20-11-7-4-8-12-20)15-18-9-5-3-6-10-18/h3-14,16,21,24H,15,17H2,1-2H3/p+1/t21-/m0/s1. The fourth-order valence-corrected chi connectivity index (χ4v) is 3.19. The van der Waals surface area contributed by atoms with Crippen LogP contribution in [0.2, 0.25) is 0 Å². The lowest BCUT2D eigenvalue weighted by molar-refractivity contribution is -0.711.